The molecule has 4 nitrogen and oxygen atoms in total. The third-order valence-electron chi connectivity index (χ3n) is 7.73. The largest absolute Gasteiger partial charge is 0.501 e. The standard InChI is InChI=1S/C25H15N2O.C14H14N.Ir/c1-2-8-18(9-3-1)26-17-27(23-12-6-5-11-22(23)26)19-14-15-21-20-10-4-7-13-24(20)28-25(21)16-19;1-10-4-6-13(7-5-10)14-8-11(2)12(3)9-15-14;/h1-13,15-16H;4-6,8-9H,1-3H3;/q+1;-1;. The first kappa shape index (κ1) is 29.2. The molecule has 0 saturated carbocycles. The second-order valence-corrected chi connectivity index (χ2v) is 10.7. The van der Waals surface area contributed by atoms with Gasteiger partial charge >= 0.3 is 6.01 Å². The van der Waals surface area contributed by atoms with Gasteiger partial charge in [0, 0.05) is 56.2 Å². The molecule has 215 valence electrons. The summed E-state index contributed by atoms with van der Waals surface area (Å²) in [5, 5.41) is 2.19. The van der Waals surface area contributed by atoms with Gasteiger partial charge in [0.2, 0.25) is 5.69 Å². The van der Waals surface area contributed by atoms with E-state index in [9.17, 15) is 0 Å². The van der Waals surface area contributed by atoms with Crippen molar-refractivity contribution in [1.29, 1.82) is 0 Å². The van der Waals surface area contributed by atoms with Crippen LogP contribution in [0.4, 0.5) is 22.7 Å². The van der Waals surface area contributed by atoms with Crippen LogP contribution in [0.1, 0.15) is 16.7 Å². The molecule has 0 bridgehead atoms. The van der Waals surface area contributed by atoms with Gasteiger partial charge in [-0.05, 0) is 41.1 Å². The first-order chi connectivity index (χ1) is 21.0. The summed E-state index contributed by atoms with van der Waals surface area (Å²) in [6.45, 7) is 6.24. The number of rotatable bonds is 3. The summed E-state index contributed by atoms with van der Waals surface area (Å²) >= 11 is 0. The van der Waals surface area contributed by atoms with Crippen molar-refractivity contribution in [3.05, 3.63) is 150 Å². The number of aromatic nitrogens is 1. The minimum Gasteiger partial charge on any atom is -0.483 e. The fourth-order valence-electron chi connectivity index (χ4n) is 5.22. The Morgan fingerprint density at radius 2 is 1.39 bits per heavy atom. The van der Waals surface area contributed by atoms with Crippen molar-refractivity contribution in [1.82, 2.24) is 14.1 Å². The van der Waals surface area contributed by atoms with E-state index < -0.39 is 0 Å². The molecule has 0 fully saturated rings. The van der Waals surface area contributed by atoms with E-state index in [1.807, 2.05) is 77.5 Å². The molecule has 7 aromatic rings. The average Bonchev–Trinajstić information content (AvgIpc) is 3.62. The summed E-state index contributed by atoms with van der Waals surface area (Å²) in [7, 11) is 0. The number of pyridine rings is 1. The topological polar surface area (TPSA) is 32.0 Å². The van der Waals surface area contributed by atoms with Gasteiger partial charge in [-0.2, -0.15) is 6.07 Å². The molecule has 1 aliphatic rings. The van der Waals surface area contributed by atoms with E-state index in [0.29, 0.717) is 0 Å². The van der Waals surface area contributed by atoms with E-state index in [2.05, 4.69) is 97.0 Å². The molecule has 0 amide bonds. The van der Waals surface area contributed by atoms with Gasteiger partial charge in [-0.25, -0.2) is 0 Å². The summed E-state index contributed by atoms with van der Waals surface area (Å²) < 4.78 is 10.2. The fraction of sp³-hybridized carbons (Fsp3) is 0.0769. The molecule has 2 aromatic heterocycles. The molecule has 44 heavy (non-hydrogen) atoms. The van der Waals surface area contributed by atoms with Crippen LogP contribution >= 0.6 is 0 Å². The number of aryl methyl sites for hydroxylation is 3. The van der Waals surface area contributed by atoms with Gasteiger partial charge in [-0.3, -0.25) is 0 Å². The molecule has 0 saturated heterocycles. The molecule has 0 N–H and O–H groups in total. The van der Waals surface area contributed by atoms with Crippen LogP contribution in [-0.4, -0.2) is 11.0 Å². The maximum atomic E-state index is 6.06. The van der Waals surface area contributed by atoms with Crippen molar-refractivity contribution < 1.29 is 24.5 Å². The molecular formula is C39H29IrN3O. The number of fused-ring (bicyclic) bond motifs is 4. The van der Waals surface area contributed by atoms with Gasteiger partial charge in [0.25, 0.3) is 11.4 Å². The molecule has 8 rings (SSSR count). The van der Waals surface area contributed by atoms with E-state index in [4.69, 9.17) is 4.42 Å². The second-order valence-electron chi connectivity index (χ2n) is 10.7. The van der Waals surface area contributed by atoms with Crippen LogP contribution < -0.4 is 9.15 Å². The molecular weight excluding hydrogens is 719 g/mol. The molecule has 5 aromatic carbocycles. The normalized spacial score (nSPS) is 11.7. The average molecular weight is 748 g/mol. The van der Waals surface area contributed by atoms with Crippen LogP contribution in [-0.2, 0) is 20.1 Å². The Morgan fingerprint density at radius 1 is 0.659 bits per heavy atom. The summed E-state index contributed by atoms with van der Waals surface area (Å²) in [5.74, 6) is 0. The van der Waals surface area contributed by atoms with E-state index in [1.165, 1.54) is 16.7 Å². The SMILES string of the molecule is C1=[N+](c2[c-]cc3c(c2)oc2ccccc23)c2ccccc2[N+]=1c1ccccc1.Cc1c[c-]c(-c2cc(C)c(C)cn2)cc1.[Ir]. The molecule has 3 heterocycles. The third-order valence-corrected chi connectivity index (χ3v) is 7.73. The number of nitrogens with zero attached hydrogens (tertiary/aromatic N) is 3. The van der Waals surface area contributed by atoms with Crippen LogP contribution in [0.25, 0.3) is 33.2 Å². The number of hydrogen-bond acceptors (Lipinski definition) is 2. The van der Waals surface area contributed by atoms with Crippen molar-refractivity contribution in [3.8, 4) is 11.3 Å². The number of para-hydroxylation sites is 4. The van der Waals surface area contributed by atoms with Crippen LogP contribution in [0.2, 0.25) is 0 Å². The summed E-state index contributed by atoms with van der Waals surface area (Å²) in [6.07, 6.45) is 1.92. The summed E-state index contributed by atoms with van der Waals surface area (Å²) in [6, 6.07) is 49.1. The van der Waals surface area contributed by atoms with Gasteiger partial charge in [0.05, 0.1) is 0 Å². The van der Waals surface area contributed by atoms with Crippen molar-refractivity contribution in [2.24, 2.45) is 0 Å². The number of furan rings is 1. The van der Waals surface area contributed by atoms with E-state index in [1.54, 1.807) is 0 Å². The molecule has 5 heteroatoms. The summed E-state index contributed by atoms with van der Waals surface area (Å²) in [4.78, 5) is 4.41. The third kappa shape index (κ3) is 5.57. The Hall–Kier alpha value is -4.92. The maximum Gasteiger partial charge on any atom is 0.501 e. The molecule has 0 atom stereocenters. The van der Waals surface area contributed by atoms with Crippen molar-refractivity contribution in [3.63, 3.8) is 0 Å². The van der Waals surface area contributed by atoms with E-state index in [0.717, 1.165) is 55.9 Å². The number of hydrogen-bond donors (Lipinski definition) is 0. The summed E-state index contributed by atoms with van der Waals surface area (Å²) in [5.41, 5.74) is 11.7. The zero-order valence-electron chi connectivity index (χ0n) is 24.6. The van der Waals surface area contributed by atoms with Crippen LogP contribution in [0.15, 0.2) is 126 Å². The minimum atomic E-state index is 0. The van der Waals surface area contributed by atoms with Gasteiger partial charge in [-0.1, -0.05) is 83.1 Å². The molecule has 1 radical (unpaired) electrons. The van der Waals surface area contributed by atoms with Crippen molar-refractivity contribution in [2.75, 3.05) is 0 Å². The molecule has 0 spiro atoms. The van der Waals surface area contributed by atoms with Gasteiger partial charge in [0.15, 0.2) is 0 Å². The Balaban J connectivity index is 0.000000183. The van der Waals surface area contributed by atoms with Gasteiger partial charge < -0.3 is 9.40 Å². The van der Waals surface area contributed by atoms with E-state index >= 15 is 0 Å². The zero-order chi connectivity index (χ0) is 29.3. The second kappa shape index (κ2) is 12.4. The molecule has 1 aliphatic heterocycles. The predicted molar refractivity (Wildman–Crippen MR) is 176 cm³/mol. The Bertz CT molecular complexity index is 2190. The maximum absolute atomic E-state index is 6.06. The van der Waals surface area contributed by atoms with Crippen molar-refractivity contribution in [2.45, 2.75) is 20.8 Å². The van der Waals surface area contributed by atoms with E-state index in [-0.39, 0.29) is 20.1 Å². The quantitative estimate of drug-likeness (QED) is 0.133. The van der Waals surface area contributed by atoms with Crippen LogP contribution in [0.5, 0.6) is 0 Å². The van der Waals surface area contributed by atoms with Crippen LogP contribution in [0.3, 0.4) is 0 Å². The Morgan fingerprint density at radius 3 is 2.14 bits per heavy atom. The first-order valence-corrected chi connectivity index (χ1v) is 14.3. The molecule has 0 unspecified atom stereocenters. The Kier molecular flexibility index (Phi) is 8.19. The number of benzene rings is 5. The predicted octanol–water partition coefficient (Wildman–Crippen LogP) is 9.71. The van der Waals surface area contributed by atoms with Gasteiger partial charge in [0.1, 0.15) is 11.3 Å². The minimum absolute atomic E-state index is 0. The van der Waals surface area contributed by atoms with Crippen molar-refractivity contribution >= 4 is 50.7 Å². The van der Waals surface area contributed by atoms with Gasteiger partial charge in [-0.15, -0.1) is 41.5 Å². The molecule has 0 aliphatic carbocycles. The first-order valence-electron chi connectivity index (χ1n) is 14.3. The Labute approximate surface area is 270 Å². The zero-order valence-corrected chi connectivity index (χ0v) is 27.0. The monoisotopic (exact) mass is 748 g/mol. The fourth-order valence-corrected chi connectivity index (χ4v) is 5.22. The van der Waals surface area contributed by atoms with Crippen LogP contribution in [0, 0.1) is 32.9 Å². The smallest absolute Gasteiger partial charge is 0.483 e.